The van der Waals surface area contributed by atoms with Gasteiger partial charge in [-0.15, -0.1) is 0 Å². The van der Waals surface area contributed by atoms with E-state index < -0.39 is 20.5 Å². The quantitative estimate of drug-likeness (QED) is 0.0806. The van der Waals surface area contributed by atoms with E-state index in [0.717, 1.165) is 19.3 Å². The first-order chi connectivity index (χ1) is 15.4. The Hall–Kier alpha value is -0.760. The van der Waals surface area contributed by atoms with E-state index in [1.807, 2.05) is 0 Å². The van der Waals surface area contributed by atoms with Gasteiger partial charge >= 0.3 is 13.8 Å². The summed E-state index contributed by atoms with van der Waals surface area (Å²) in [5, 5.41) is 9.67. The largest absolute Gasteiger partial charge is 0.472 e. The Bertz CT molecular complexity index is 517. The third kappa shape index (κ3) is 22.4. The van der Waals surface area contributed by atoms with Crippen molar-refractivity contribution >= 4 is 13.8 Å². The number of carbonyl (C=O) groups excluding carboxylic acids is 1. The molecular formula is C23H46NO7P. The summed E-state index contributed by atoms with van der Waals surface area (Å²) in [6.45, 7) is 1.41. The highest BCUT2D eigenvalue weighted by Crippen LogP contribution is 2.42. The molecule has 0 rings (SSSR count). The predicted octanol–water partition coefficient (Wildman–Crippen LogP) is 5.02. The Kier molecular flexibility index (Phi) is 21.5. The van der Waals surface area contributed by atoms with E-state index in [4.69, 9.17) is 10.5 Å². The van der Waals surface area contributed by atoms with Gasteiger partial charge < -0.3 is 20.5 Å². The van der Waals surface area contributed by atoms with Crippen LogP contribution in [0.1, 0.15) is 96.8 Å². The minimum absolute atomic E-state index is 0.0748. The van der Waals surface area contributed by atoms with E-state index in [-0.39, 0.29) is 25.7 Å². The Balaban J connectivity index is 3.46. The monoisotopic (exact) mass is 479 g/mol. The van der Waals surface area contributed by atoms with Crippen molar-refractivity contribution in [2.24, 2.45) is 5.73 Å². The molecule has 0 saturated heterocycles. The summed E-state index contributed by atoms with van der Waals surface area (Å²) in [7, 11) is -4.24. The van der Waals surface area contributed by atoms with Crippen LogP contribution in [0.25, 0.3) is 0 Å². The first kappa shape index (κ1) is 31.2. The lowest BCUT2D eigenvalue weighted by Gasteiger charge is -2.15. The smallest absolute Gasteiger partial charge is 0.463 e. The molecule has 0 aliphatic carbocycles. The number of esters is 1. The lowest BCUT2D eigenvalue weighted by Crippen LogP contribution is -2.23. The van der Waals surface area contributed by atoms with Gasteiger partial charge in [-0.2, -0.15) is 0 Å². The van der Waals surface area contributed by atoms with Gasteiger partial charge in [-0.3, -0.25) is 13.8 Å². The number of aliphatic hydroxyl groups excluding tert-OH is 1. The van der Waals surface area contributed by atoms with Crippen molar-refractivity contribution in [2.45, 2.75) is 103 Å². The van der Waals surface area contributed by atoms with Gasteiger partial charge in [0.05, 0.1) is 13.2 Å². The fraction of sp³-hybridized carbons (Fsp3) is 0.870. The molecule has 4 N–H and O–H groups in total. The lowest BCUT2D eigenvalue weighted by molar-refractivity contribution is -0.147. The number of phosphoric ester groups is 1. The number of hydrogen-bond acceptors (Lipinski definition) is 7. The SMILES string of the molecule is CCCC/C=C/CCCCCCCCCCCC(=O)OC[C@@H](O)COP(=O)(O)OCCN. The highest BCUT2D eigenvalue weighted by atomic mass is 31.2. The minimum Gasteiger partial charge on any atom is -0.463 e. The second kappa shape index (κ2) is 22.1. The first-order valence-electron chi connectivity index (χ1n) is 12.2. The molecule has 8 nitrogen and oxygen atoms in total. The van der Waals surface area contributed by atoms with Crippen LogP contribution < -0.4 is 5.73 Å². The number of aliphatic hydroxyl groups is 1. The van der Waals surface area contributed by atoms with Crippen molar-refractivity contribution in [1.29, 1.82) is 0 Å². The number of nitrogens with two attached hydrogens (primary N) is 1. The molecule has 0 fully saturated rings. The second-order valence-corrected chi connectivity index (χ2v) is 9.51. The van der Waals surface area contributed by atoms with Crippen LogP contribution in [0.5, 0.6) is 0 Å². The Morgan fingerprint density at radius 3 is 2.06 bits per heavy atom. The maximum Gasteiger partial charge on any atom is 0.472 e. The highest BCUT2D eigenvalue weighted by Gasteiger charge is 2.22. The van der Waals surface area contributed by atoms with Crippen LogP contribution in [0.2, 0.25) is 0 Å². The molecule has 1 unspecified atom stereocenters. The average molecular weight is 480 g/mol. The zero-order valence-corrected chi connectivity index (χ0v) is 20.8. The summed E-state index contributed by atoms with van der Waals surface area (Å²) in [6.07, 6.45) is 19.2. The summed E-state index contributed by atoms with van der Waals surface area (Å²) in [5.41, 5.74) is 5.17. The van der Waals surface area contributed by atoms with E-state index in [1.54, 1.807) is 0 Å². The lowest BCUT2D eigenvalue weighted by atomic mass is 10.1. The number of ether oxygens (including phenoxy) is 1. The molecule has 0 aromatic carbocycles. The molecule has 0 aromatic rings. The fourth-order valence-electron chi connectivity index (χ4n) is 3.02. The van der Waals surface area contributed by atoms with Crippen molar-refractivity contribution < 1.29 is 33.1 Å². The maximum atomic E-state index is 11.7. The molecular weight excluding hydrogens is 433 g/mol. The van der Waals surface area contributed by atoms with E-state index in [2.05, 4.69) is 28.1 Å². The molecule has 0 amide bonds. The van der Waals surface area contributed by atoms with E-state index >= 15 is 0 Å². The first-order valence-corrected chi connectivity index (χ1v) is 13.7. The van der Waals surface area contributed by atoms with Crippen LogP contribution in [0.15, 0.2) is 12.2 Å². The van der Waals surface area contributed by atoms with Crippen molar-refractivity contribution in [2.75, 3.05) is 26.4 Å². The van der Waals surface area contributed by atoms with Gasteiger partial charge in [0.15, 0.2) is 0 Å². The van der Waals surface area contributed by atoms with E-state index in [0.29, 0.717) is 6.42 Å². The molecule has 0 spiro atoms. The van der Waals surface area contributed by atoms with Crippen LogP contribution in [-0.4, -0.2) is 48.4 Å². The minimum atomic E-state index is -4.24. The number of rotatable bonds is 23. The fourth-order valence-corrected chi connectivity index (χ4v) is 3.79. The summed E-state index contributed by atoms with van der Waals surface area (Å²) in [4.78, 5) is 21.0. The molecule has 0 aliphatic heterocycles. The molecule has 0 aromatic heterocycles. The number of carbonyl (C=O) groups is 1. The highest BCUT2D eigenvalue weighted by molar-refractivity contribution is 7.47. The molecule has 2 atom stereocenters. The van der Waals surface area contributed by atoms with Crippen LogP contribution in [0, 0.1) is 0 Å². The Morgan fingerprint density at radius 2 is 1.47 bits per heavy atom. The average Bonchev–Trinajstić information content (AvgIpc) is 2.77. The molecule has 0 aliphatic rings. The summed E-state index contributed by atoms with van der Waals surface area (Å²) < 4.78 is 25.5. The molecule has 0 heterocycles. The number of hydrogen-bond donors (Lipinski definition) is 3. The number of allylic oxidation sites excluding steroid dienone is 2. The molecule has 0 radical (unpaired) electrons. The third-order valence-corrected chi connectivity index (χ3v) is 5.87. The summed E-state index contributed by atoms with van der Waals surface area (Å²) in [5.74, 6) is -0.389. The maximum absolute atomic E-state index is 11.7. The van der Waals surface area contributed by atoms with Gasteiger partial charge in [-0.25, -0.2) is 4.57 Å². The second-order valence-electron chi connectivity index (χ2n) is 8.06. The molecule has 0 bridgehead atoms. The standard InChI is InChI=1S/C23H46NO7P/c1-2-3-4-5-6-7-8-9-10-11-12-13-14-15-16-17-23(26)29-20-22(25)21-31-32(27,28)30-19-18-24/h5-6,22,25H,2-4,7-21,24H2,1H3,(H,27,28)/b6-5+/t22-/m1/s1. The van der Waals surface area contributed by atoms with Gasteiger partial charge in [0.25, 0.3) is 0 Å². The van der Waals surface area contributed by atoms with Crippen molar-refractivity contribution in [1.82, 2.24) is 0 Å². The molecule has 9 heteroatoms. The van der Waals surface area contributed by atoms with E-state index in [9.17, 15) is 19.4 Å². The van der Waals surface area contributed by atoms with Crippen molar-refractivity contribution in [3.63, 3.8) is 0 Å². The van der Waals surface area contributed by atoms with Gasteiger partial charge in [0.2, 0.25) is 0 Å². The summed E-state index contributed by atoms with van der Waals surface area (Å²) in [6, 6.07) is 0. The zero-order valence-electron chi connectivity index (χ0n) is 19.9. The van der Waals surface area contributed by atoms with Crippen LogP contribution in [-0.2, 0) is 23.1 Å². The molecule has 32 heavy (non-hydrogen) atoms. The molecule has 190 valence electrons. The van der Waals surface area contributed by atoms with Gasteiger partial charge in [-0.05, 0) is 25.7 Å². The normalized spacial score (nSPS) is 14.5. The van der Waals surface area contributed by atoms with Crippen molar-refractivity contribution in [3.05, 3.63) is 12.2 Å². The van der Waals surface area contributed by atoms with Crippen LogP contribution >= 0.6 is 7.82 Å². The number of phosphoric acid groups is 1. The van der Waals surface area contributed by atoms with Crippen molar-refractivity contribution in [3.8, 4) is 0 Å². The Morgan fingerprint density at radius 1 is 0.906 bits per heavy atom. The zero-order chi connectivity index (χ0) is 23.9. The molecule has 0 saturated carbocycles. The van der Waals surface area contributed by atoms with Gasteiger partial charge in [0, 0.05) is 13.0 Å². The topological polar surface area (TPSA) is 128 Å². The van der Waals surface area contributed by atoms with Crippen LogP contribution in [0.4, 0.5) is 0 Å². The van der Waals surface area contributed by atoms with Gasteiger partial charge in [0.1, 0.15) is 12.7 Å². The predicted molar refractivity (Wildman–Crippen MR) is 127 cm³/mol. The number of unbranched alkanes of at least 4 members (excludes halogenated alkanes) is 11. The van der Waals surface area contributed by atoms with Crippen LogP contribution in [0.3, 0.4) is 0 Å². The van der Waals surface area contributed by atoms with E-state index in [1.165, 1.54) is 64.2 Å². The van der Waals surface area contributed by atoms with Gasteiger partial charge in [-0.1, -0.05) is 76.9 Å². The third-order valence-electron chi connectivity index (χ3n) is 4.88. The summed E-state index contributed by atoms with van der Waals surface area (Å²) >= 11 is 0. The Labute approximate surface area is 194 Å².